The quantitative estimate of drug-likeness (QED) is 0.828. The van der Waals surface area contributed by atoms with Crippen molar-refractivity contribution in [3.63, 3.8) is 0 Å². The third-order valence-electron chi connectivity index (χ3n) is 3.42. The van der Waals surface area contributed by atoms with Crippen LogP contribution in [0.3, 0.4) is 0 Å². The average molecular weight is 252 g/mol. The van der Waals surface area contributed by atoms with E-state index in [0.29, 0.717) is 12.5 Å². The number of rotatable bonds is 3. The van der Waals surface area contributed by atoms with Crippen LogP contribution in [0, 0.1) is 6.92 Å². The summed E-state index contributed by atoms with van der Waals surface area (Å²) in [7, 11) is 0. The number of nitrogens with zero attached hydrogens (tertiary/aromatic N) is 2. The van der Waals surface area contributed by atoms with E-state index in [1.54, 1.807) is 11.3 Å². The number of aryl methyl sites for hydroxylation is 1. The Morgan fingerprint density at radius 1 is 1.59 bits per heavy atom. The van der Waals surface area contributed by atoms with Crippen molar-refractivity contribution < 1.29 is 4.79 Å². The second kappa shape index (κ2) is 5.63. The first kappa shape index (κ1) is 12.6. The van der Waals surface area contributed by atoms with Crippen molar-refractivity contribution in [2.24, 2.45) is 0 Å². The summed E-state index contributed by atoms with van der Waals surface area (Å²) >= 11 is 1.62. The SMILES string of the molecule is CCC1CCCCN1C(=O)Cc1csc(C)n1. The maximum atomic E-state index is 12.2. The number of thiazole rings is 1. The van der Waals surface area contributed by atoms with Crippen LogP contribution in [0.1, 0.15) is 43.3 Å². The van der Waals surface area contributed by atoms with Gasteiger partial charge in [0.2, 0.25) is 5.91 Å². The van der Waals surface area contributed by atoms with Crippen molar-refractivity contribution in [3.8, 4) is 0 Å². The average Bonchev–Trinajstić information content (AvgIpc) is 2.74. The van der Waals surface area contributed by atoms with Crippen LogP contribution in [0.4, 0.5) is 0 Å². The zero-order valence-corrected chi connectivity index (χ0v) is 11.4. The van der Waals surface area contributed by atoms with E-state index in [2.05, 4.69) is 16.8 Å². The summed E-state index contributed by atoms with van der Waals surface area (Å²) in [4.78, 5) is 18.7. The van der Waals surface area contributed by atoms with Gasteiger partial charge in [0.15, 0.2) is 0 Å². The van der Waals surface area contributed by atoms with Gasteiger partial charge in [-0.2, -0.15) is 0 Å². The Kier molecular flexibility index (Phi) is 4.15. The van der Waals surface area contributed by atoms with Crippen LogP contribution in [0.5, 0.6) is 0 Å². The third kappa shape index (κ3) is 3.06. The van der Waals surface area contributed by atoms with E-state index in [0.717, 1.165) is 30.1 Å². The molecule has 0 N–H and O–H groups in total. The molecular formula is C13H20N2OS. The van der Waals surface area contributed by atoms with Gasteiger partial charge in [0.25, 0.3) is 0 Å². The van der Waals surface area contributed by atoms with E-state index < -0.39 is 0 Å². The Bertz CT molecular complexity index is 389. The summed E-state index contributed by atoms with van der Waals surface area (Å²) in [6, 6.07) is 0.455. The minimum Gasteiger partial charge on any atom is -0.339 e. The topological polar surface area (TPSA) is 33.2 Å². The zero-order valence-electron chi connectivity index (χ0n) is 10.6. The number of carbonyl (C=O) groups excluding carboxylic acids is 1. The van der Waals surface area contributed by atoms with Gasteiger partial charge in [0.1, 0.15) is 0 Å². The largest absolute Gasteiger partial charge is 0.339 e. The Hall–Kier alpha value is -0.900. The van der Waals surface area contributed by atoms with Crippen LogP contribution >= 0.6 is 11.3 Å². The Balaban J connectivity index is 1.98. The van der Waals surface area contributed by atoms with Crippen LogP contribution in [0.15, 0.2) is 5.38 Å². The normalized spacial score (nSPS) is 20.6. The van der Waals surface area contributed by atoms with Gasteiger partial charge in [-0.25, -0.2) is 4.98 Å². The monoisotopic (exact) mass is 252 g/mol. The van der Waals surface area contributed by atoms with Gasteiger partial charge in [-0.1, -0.05) is 6.92 Å². The Labute approximate surface area is 107 Å². The molecule has 0 spiro atoms. The molecule has 0 aromatic carbocycles. The molecule has 2 heterocycles. The van der Waals surface area contributed by atoms with E-state index in [4.69, 9.17) is 0 Å². The second-order valence-corrected chi connectivity index (χ2v) is 5.74. The molecule has 3 nitrogen and oxygen atoms in total. The van der Waals surface area contributed by atoms with Gasteiger partial charge in [-0.15, -0.1) is 11.3 Å². The summed E-state index contributed by atoms with van der Waals surface area (Å²) in [6.45, 7) is 5.08. The summed E-state index contributed by atoms with van der Waals surface area (Å²) in [6.07, 6.45) is 5.12. The molecule has 0 bridgehead atoms. The maximum absolute atomic E-state index is 12.2. The summed E-state index contributed by atoms with van der Waals surface area (Å²) < 4.78 is 0. The van der Waals surface area contributed by atoms with Gasteiger partial charge in [0.05, 0.1) is 17.1 Å². The van der Waals surface area contributed by atoms with Crippen molar-refractivity contribution in [1.29, 1.82) is 0 Å². The molecule has 1 aromatic heterocycles. The number of hydrogen-bond acceptors (Lipinski definition) is 3. The van der Waals surface area contributed by atoms with Gasteiger partial charge in [0, 0.05) is 18.0 Å². The van der Waals surface area contributed by atoms with Crippen LogP contribution in [0.2, 0.25) is 0 Å². The predicted octanol–water partition coefficient (Wildman–Crippen LogP) is 2.79. The van der Waals surface area contributed by atoms with E-state index in [1.165, 1.54) is 12.8 Å². The lowest BCUT2D eigenvalue weighted by molar-refractivity contribution is -0.134. The van der Waals surface area contributed by atoms with Crippen LogP contribution in [-0.2, 0) is 11.2 Å². The first-order valence-corrected chi connectivity index (χ1v) is 7.29. The summed E-state index contributed by atoms with van der Waals surface area (Å²) in [5.74, 6) is 0.252. The maximum Gasteiger partial charge on any atom is 0.228 e. The highest BCUT2D eigenvalue weighted by atomic mass is 32.1. The second-order valence-electron chi connectivity index (χ2n) is 4.68. The molecule has 1 fully saturated rings. The molecule has 1 aliphatic rings. The fraction of sp³-hybridized carbons (Fsp3) is 0.692. The zero-order chi connectivity index (χ0) is 12.3. The fourth-order valence-corrected chi connectivity index (χ4v) is 3.11. The molecule has 0 saturated carbocycles. The van der Waals surface area contributed by atoms with Crippen molar-refractivity contribution >= 4 is 17.2 Å². The lowest BCUT2D eigenvalue weighted by Crippen LogP contribution is -2.44. The summed E-state index contributed by atoms with van der Waals surface area (Å²) in [5, 5.41) is 3.04. The molecule has 1 saturated heterocycles. The number of amides is 1. The molecule has 94 valence electrons. The molecule has 17 heavy (non-hydrogen) atoms. The molecule has 1 unspecified atom stereocenters. The molecule has 4 heteroatoms. The predicted molar refractivity (Wildman–Crippen MR) is 70.2 cm³/mol. The van der Waals surface area contributed by atoms with Crippen LogP contribution in [-0.4, -0.2) is 28.4 Å². The number of carbonyl (C=O) groups is 1. The van der Waals surface area contributed by atoms with E-state index in [1.807, 2.05) is 12.3 Å². The minimum atomic E-state index is 0.252. The molecule has 0 aliphatic carbocycles. The first-order valence-electron chi connectivity index (χ1n) is 6.41. The highest BCUT2D eigenvalue weighted by molar-refractivity contribution is 7.09. The standard InChI is InChI=1S/C13H20N2OS/c1-3-12-6-4-5-7-15(12)13(16)8-11-9-17-10(2)14-11/h9,12H,3-8H2,1-2H3. The van der Waals surface area contributed by atoms with Gasteiger partial charge >= 0.3 is 0 Å². The van der Waals surface area contributed by atoms with E-state index in [9.17, 15) is 4.79 Å². The smallest absolute Gasteiger partial charge is 0.228 e. The molecule has 1 aromatic rings. The third-order valence-corrected chi connectivity index (χ3v) is 4.24. The summed E-state index contributed by atoms with van der Waals surface area (Å²) in [5.41, 5.74) is 0.929. The lowest BCUT2D eigenvalue weighted by Gasteiger charge is -2.35. The number of piperidine rings is 1. The highest BCUT2D eigenvalue weighted by Gasteiger charge is 2.25. The molecule has 1 amide bonds. The lowest BCUT2D eigenvalue weighted by atomic mass is 9.99. The number of hydrogen-bond donors (Lipinski definition) is 0. The highest BCUT2D eigenvalue weighted by Crippen LogP contribution is 2.20. The van der Waals surface area contributed by atoms with E-state index in [-0.39, 0.29) is 5.91 Å². The van der Waals surface area contributed by atoms with Crippen LogP contribution in [0.25, 0.3) is 0 Å². The molecule has 0 radical (unpaired) electrons. The van der Waals surface area contributed by atoms with Crippen molar-refractivity contribution in [1.82, 2.24) is 9.88 Å². The first-order chi connectivity index (χ1) is 8.20. The van der Waals surface area contributed by atoms with Crippen molar-refractivity contribution in [2.45, 2.75) is 52.0 Å². The van der Waals surface area contributed by atoms with Crippen LogP contribution < -0.4 is 0 Å². The van der Waals surface area contributed by atoms with Gasteiger partial charge in [-0.3, -0.25) is 4.79 Å². The van der Waals surface area contributed by atoms with E-state index >= 15 is 0 Å². The van der Waals surface area contributed by atoms with Crippen molar-refractivity contribution in [2.75, 3.05) is 6.54 Å². The van der Waals surface area contributed by atoms with Crippen molar-refractivity contribution in [3.05, 3.63) is 16.1 Å². The Morgan fingerprint density at radius 2 is 2.41 bits per heavy atom. The fourth-order valence-electron chi connectivity index (χ4n) is 2.50. The number of likely N-dealkylation sites (tertiary alicyclic amines) is 1. The molecule has 1 aliphatic heterocycles. The molecule has 2 rings (SSSR count). The molecular weight excluding hydrogens is 232 g/mol. The van der Waals surface area contributed by atoms with Gasteiger partial charge in [-0.05, 0) is 32.6 Å². The number of aromatic nitrogens is 1. The van der Waals surface area contributed by atoms with Gasteiger partial charge < -0.3 is 4.90 Å². The molecule has 1 atom stereocenters. The Morgan fingerprint density at radius 3 is 3.06 bits per heavy atom. The minimum absolute atomic E-state index is 0.252.